The third-order valence-electron chi connectivity index (χ3n) is 4.78. The summed E-state index contributed by atoms with van der Waals surface area (Å²) in [5.74, 6) is 0.603. The molecule has 0 radical (unpaired) electrons. The molecule has 0 aliphatic heterocycles. The molecule has 0 aliphatic rings. The van der Waals surface area contributed by atoms with Crippen molar-refractivity contribution in [3.05, 3.63) is 82.0 Å². The Balaban J connectivity index is 1.77. The highest BCUT2D eigenvalue weighted by Gasteiger charge is 2.23. The van der Waals surface area contributed by atoms with Crippen LogP contribution >= 0.6 is 11.3 Å². The first-order valence-electron chi connectivity index (χ1n) is 9.83. The largest absolute Gasteiger partial charge is 0.497 e. The fraction of sp³-hybridized carbons (Fsp3) is 0.250. The number of carbonyl (C=O) groups excluding carboxylic acids is 2. The summed E-state index contributed by atoms with van der Waals surface area (Å²) in [5.41, 5.74) is 2.58. The number of methoxy groups -OCH3 is 1. The van der Waals surface area contributed by atoms with Crippen molar-refractivity contribution >= 4 is 28.8 Å². The first-order chi connectivity index (χ1) is 14.5. The molecule has 0 bridgehead atoms. The van der Waals surface area contributed by atoms with Gasteiger partial charge in [0.1, 0.15) is 11.8 Å². The highest BCUT2D eigenvalue weighted by molar-refractivity contribution is 7.10. The van der Waals surface area contributed by atoms with Gasteiger partial charge in [-0.3, -0.25) is 9.59 Å². The van der Waals surface area contributed by atoms with Gasteiger partial charge in [-0.2, -0.15) is 0 Å². The molecule has 6 heteroatoms. The summed E-state index contributed by atoms with van der Waals surface area (Å²) >= 11 is 1.52. The summed E-state index contributed by atoms with van der Waals surface area (Å²) in [6.45, 7) is 4.24. The van der Waals surface area contributed by atoms with Crippen LogP contribution in [0.2, 0.25) is 0 Å². The minimum Gasteiger partial charge on any atom is -0.497 e. The molecule has 156 valence electrons. The van der Waals surface area contributed by atoms with E-state index in [9.17, 15) is 9.59 Å². The SMILES string of the molecule is COc1ccc([C@@H](NC(=O)Cc2cccs2)C(=O)Nc2ccc(C(C)C)cc2)cc1. The molecule has 3 rings (SSSR count). The summed E-state index contributed by atoms with van der Waals surface area (Å²) in [4.78, 5) is 26.6. The average Bonchev–Trinajstić information content (AvgIpc) is 3.25. The highest BCUT2D eigenvalue weighted by atomic mass is 32.1. The van der Waals surface area contributed by atoms with Crippen LogP contribution in [0.4, 0.5) is 5.69 Å². The molecule has 2 amide bonds. The first-order valence-corrected chi connectivity index (χ1v) is 10.7. The first kappa shape index (κ1) is 21.6. The number of carbonyl (C=O) groups is 2. The second kappa shape index (κ2) is 10.1. The summed E-state index contributed by atoms with van der Waals surface area (Å²) in [6.07, 6.45) is 0.237. The van der Waals surface area contributed by atoms with Gasteiger partial charge >= 0.3 is 0 Å². The molecule has 0 saturated heterocycles. The summed E-state index contributed by atoms with van der Waals surface area (Å²) in [6, 6.07) is 17.9. The number of nitrogens with one attached hydrogen (secondary N) is 2. The molecule has 3 aromatic rings. The monoisotopic (exact) mass is 422 g/mol. The predicted octanol–water partition coefficient (Wildman–Crippen LogP) is 4.92. The fourth-order valence-corrected chi connectivity index (χ4v) is 3.75. The van der Waals surface area contributed by atoms with Crippen molar-refractivity contribution in [1.29, 1.82) is 0 Å². The lowest BCUT2D eigenvalue weighted by atomic mass is 10.0. The molecule has 1 heterocycles. The van der Waals surface area contributed by atoms with Gasteiger partial charge < -0.3 is 15.4 Å². The van der Waals surface area contributed by atoms with Gasteiger partial charge in [0.2, 0.25) is 5.91 Å². The Labute approximate surface area is 181 Å². The number of benzene rings is 2. The summed E-state index contributed by atoms with van der Waals surface area (Å²) in [7, 11) is 1.59. The third kappa shape index (κ3) is 5.70. The second-order valence-electron chi connectivity index (χ2n) is 7.30. The molecule has 2 aromatic carbocycles. The zero-order chi connectivity index (χ0) is 21.5. The highest BCUT2D eigenvalue weighted by Crippen LogP contribution is 2.22. The van der Waals surface area contributed by atoms with Crippen molar-refractivity contribution in [3.8, 4) is 5.75 Å². The maximum Gasteiger partial charge on any atom is 0.251 e. The van der Waals surface area contributed by atoms with Gasteiger partial charge in [0.05, 0.1) is 13.5 Å². The van der Waals surface area contributed by atoms with Crippen LogP contribution in [0, 0.1) is 0 Å². The number of hydrogen-bond donors (Lipinski definition) is 2. The molecule has 0 unspecified atom stereocenters. The maximum absolute atomic E-state index is 13.1. The van der Waals surface area contributed by atoms with Crippen molar-refractivity contribution in [2.75, 3.05) is 12.4 Å². The van der Waals surface area contributed by atoms with E-state index in [0.29, 0.717) is 22.9 Å². The van der Waals surface area contributed by atoms with E-state index in [0.717, 1.165) is 4.88 Å². The zero-order valence-corrected chi connectivity index (χ0v) is 18.2. The smallest absolute Gasteiger partial charge is 0.251 e. The van der Waals surface area contributed by atoms with Crippen molar-refractivity contribution in [2.24, 2.45) is 0 Å². The standard InChI is InChI=1S/C24H26N2O3S/c1-16(2)17-6-10-19(11-7-17)25-24(28)23(18-8-12-20(29-3)13-9-18)26-22(27)15-21-5-4-14-30-21/h4-14,16,23H,15H2,1-3H3,(H,25,28)(H,26,27)/t23-/m1/s1. The van der Waals surface area contributed by atoms with Crippen molar-refractivity contribution in [3.63, 3.8) is 0 Å². The number of rotatable bonds is 8. The quantitative estimate of drug-likeness (QED) is 0.541. The van der Waals surface area contributed by atoms with E-state index >= 15 is 0 Å². The molecular weight excluding hydrogens is 396 g/mol. The Hall–Kier alpha value is -3.12. The second-order valence-corrected chi connectivity index (χ2v) is 8.33. The van der Waals surface area contributed by atoms with E-state index in [4.69, 9.17) is 4.74 Å². The molecule has 0 aliphatic carbocycles. The van der Waals surface area contributed by atoms with Gasteiger partial charge in [-0.05, 0) is 52.8 Å². The molecular formula is C24H26N2O3S. The lowest BCUT2D eigenvalue weighted by Gasteiger charge is -2.19. The van der Waals surface area contributed by atoms with E-state index in [2.05, 4.69) is 24.5 Å². The Kier molecular flexibility index (Phi) is 7.25. The van der Waals surface area contributed by atoms with Gasteiger partial charge in [-0.15, -0.1) is 11.3 Å². The topological polar surface area (TPSA) is 67.4 Å². The summed E-state index contributed by atoms with van der Waals surface area (Å²) in [5, 5.41) is 7.72. The Morgan fingerprint density at radius 3 is 2.20 bits per heavy atom. The number of hydrogen-bond acceptors (Lipinski definition) is 4. The number of amides is 2. The van der Waals surface area contributed by atoms with E-state index in [-0.39, 0.29) is 18.2 Å². The van der Waals surface area contributed by atoms with Gasteiger partial charge in [0.25, 0.3) is 5.91 Å². The zero-order valence-electron chi connectivity index (χ0n) is 17.3. The van der Waals surface area contributed by atoms with Gasteiger partial charge in [0.15, 0.2) is 0 Å². The third-order valence-corrected chi connectivity index (χ3v) is 5.65. The number of ether oxygens (including phenoxy) is 1. The number of thiophene rings is 1. The van der Waals surface area contributed by atoms with Crippen LogP contribution in [-0.4, -0.2) is 18.9 Å². The molecule has 0 fully saturated rings. The molecule has 1 aromatic heterocycles. The Morgan fingerprint density at radius 2 is 1.63 bits per heavy atom. The van der Waals surface area contributed by atoms with Crippen LogP contribution < -0.4 is 15.4 Å². The van der Waals surface area contributed by atoms with Gasteiger partial charge in [0, 0.05) is 10.6 Å². The Morgan fingerprint density at radius 1 is 0.967 bits per heavy atom. The molecule has 2 N–H and O–H groups in total. The molecule has 1 atom stereocenters. The van der Waals surface area contributed by atoms with Crippen LogP contribution in [0.25, 0.3) is 0 Å². The molecule has 0 spiro atoms. The number of anilines is 1. The maximum atomic E-state index is 13.1. The Bertz CT molecular complexity index is 965. The van der Waals surface area contributed by atoms with Gasteiger partial charge in [-0.25, -0.2) is 0 Å². The molecule has 30 heavy (non-hydrogen) atoms. The minimum absolute atomic E-state index is 0.205. The van der Waals surface area contributed by atoms with Crippen LogP contribution in [-0.2, 0) is 16.0 Å². The van der Waals surface area contributed by atoms with E-state index < -0.39 is 6.04 Å². The van der Waals surface area contributed by atoms with Crippen LogP contribution in [0.3, 0.4) is 0 Å². The molecule has 5 nitrogen and oxygen atoms in total. The molecule has 0 saturated carbocycles. The lowest BCUT2D eigenvalue weighted by molar-refractivity contribution is -0.126. The lowest BCUT2D eigenvalue weighted by Crippen LogP contribution is -2.37. The van der Waals surface area contributed by atoms with E-state index in [1.807, 2.05) is 41.8 Å². The fourth-order valence-electron chi connectivity index (χ4n) is 3.05. The van der Waals surface area contributed by atoms with Crippen LogP contribution in [0.5, 0.6) is 5.75 Å². The van der Waals surface area contributed by atoms with Crippen LogP contribution in [0.1, 0.15) is 41.8 Å². The summed E-state index contributed by atoms with van der Waals surface area (Å²) < 4.78 is 5.20. The van der Waals surface area contributed by atoms with E-state index in [1.165, 1.54) is 16.9 Å². The van der Waals surface area contributed by atoms with Crippen LogP contribution in [0.15, 0.2) is 66.0 Å². The minimum atomic E-state index is -0.812. The van der Waals surface area contributed by atoms with E-state index in [1.54, 1.807) is 31.4 Å². The van der Waals surface area contributed by atoms with Crippen molar-refractivity contribution < 1.29 is 14.3 Å². The average molecular weight is 423 g/mol. The normalized spacial score (nSPS) is 11.7. The predicted molar refractivity (Wildman–Crippen MR) is 121 cm³/mol. The van der Waals surface area contributed by atoms with Crippen molar-refractivity contribution in [1.82, 2.24) is 5.32 Å². The van der Waals surface area contributed by atoms with Crippen molar-refractivity contribution in [2.45, 2.75) is 32.2 Å². The van der Waals surface area contributed by atoms with Gasteiger partial charge in [-0.1, -0.05) is 44.2 Å².